The van der Waals surface area contributed by atoms with Crippen LogP contribution >= 0.6 is 0 Å². The second-order valence-corrected chi connectivity index (χ2v) is 12.7. The molecule has 0 aromatic heterocycles. The van der Waals surface area contributed by atoms with Gasteiger partial charge in [0.2, 0.25) is 0 Å². The van der Waals surface area contributed by atoms with Crippen LogP contribution in [0.15, 0.2) is 0 Å². The van der Waals surface area contributed by atoms with E-state index in [1.54, 1.807) is 0 Å². The van der Waals surface area contributed by atoms with Crippen LogP contribution < -0.4 is 0 Å². The van der Waals surface area contributed by atoms with Gasteiger partial charge in [0.05, 0.1) is 11.7 Å². The van der Waals surface area contributed by atoms with Gasteiger partial charge in [0, 0.05) is 5.41 Å². The molecule has 2 nitrogen and oxygen atoms in total. The molecule has 0 heterocycles. The summed E-state index contributed by atoms with van der Waals surface area (Å²) in [4.78, 5) is 0. The van der Waals surface area contributed by atoms with E-state index in [0.717, 1.165) is 49.4 Å². The van der Waals surface area contributed by atoms with E-state index in [2.05, 4.69) is 34.6 Å². The monoisotopic (exact) mass is 404 g/mol. The molecule has 0 unspecified atom stereocenters. The van der Waals surface area contributed by atoms with Gasteiger partial charge in [0.25, 0.3) is 0 Å². The van der Waals surface area contributed by atoms with Crippen molar-refractivity contribution in [2.45, 2.75) is 123 Å². The minimum Gasteiger partial charge on any atom is -0.390 e. The largest absolute Gasteiger partial charge is 0.390 e. The lowest BCUT2D eigenvalue weighted by atomic mass is 9.42. The molecule has 9 atom stereocenters. The zero-order valence-electron chi connectivity index (χ0n) is 19.9. The van der Waals surface area contributed by atoms with Gasteiger partial charge in [-0.05, 0) is 85.9 Å². The van der Waals surface area contributed by atoms with E-state index in [4.69, 9.17) is 0 Å². The molecular formula is C27H48O2. The van der Waals surface area contributed by atoms with Crippen LogP contribution in [0.1, 0.15) is 112 Å². The van der Waals surface area contributed by atoms with E-state index >= 15 is 0 Å². The summed E-state index contributed by atoms with van der Waals surface area (Å²) < 4.78 is 0. The van der Waals surface area contributed by atoms with Crippen molar-refractivity contribution in [1.29, 1.82) is 0 Å². The fourth-order valence-electron chi connectivity index (χ4n) is 9.33. The topological polar surface area (TPSA) is 40.5 Å². The van der Waals surface area contributed by atoms with E-state index < -0.39 is 11.7 Å². The Hall–Kier alpha value is -0.0800. The first kappa shape index (κ1) is 22.1. The van der Waals surface area contributed by atoms with Gasteiger partial charge in [0.15, 0.2) is 0 Å². The van der Waals surface area contributed by atoms with Gasteiger partial charge in [-0.2, -0.15) is 0 Å². The lowest BCUT2D eigenvalue weighted by Gasteiger charge is -2.65. The third-order valence-electron chi connectivity index (χ3n) is 11.0. The second kappa shape index (κ2) is 7.80. The fourth-order valence-corrected chi connectivity index (χ4v) is 9.33. The second-order valence-electron chi connectivity index (χ2n) is 12.7. The van der Waals surface area contributed by atoms with Crippen molar-refractivity contribution in [1.82, 2.24) is 0 Å². The number of aliphatic hydroxyl groups excluding tert-OH is 1. The molecule has 0 aromatic rings. The van der Waals surface area contributed by atoms with Gasteiger partial charge in [-0.3, -0.25) is 0 Å². The van der Waals surface area contributed by atoms with Crippen LogP contribution in [0.5, 0.6) is 0 Å². The van der Waals surface area contributed by atoms with Crippen LogP contribution in [0.2, 0.25) is 0 Å². The highest BCUT2D eigenvalue weighted by atomic mass is 16.3. The van der Waals surface area contributed by atoms with E-state index in [9.17, 15) is 10.2 Å². The van der Waals surface area contributed by atoms with Crippen LogP contribution in [-0.2, 0) is 0 Å². The predicted molar refractivity (Wildman–Crippen MR) is 121 cm³/mol. The quantitative estimate of drug-likeness (QED) is 0.543. The summed E-state index contributed by atoms with van der Waals surface area (Å²) in [5.41, 5.74) is -0.448. The first-order valence-corrected chi connectivity index (χ1v) is 13.0. The van der Waals surface area contributed by atoms with E-state index in [1.807, 2.05) is 0 Å². The fraction of sp³-hybridized carbons (Fsp3) is 1.00. The van der Waals surface area contributed by atoms with Crippen molar-refractivity contribution in [3.63, 3.8) is 0 Å². The van der Waals surface area contributed by atoms with Gasteiger partial charge < -0.3 is 10.2 Å². The summed E-state index contributed by atoms with van der Waals surface area (Å²) in [5, 5.41) is 22.8. The summed E-state index contributed by atoms with van der Waals surface area (Å²) >= 11 is 0. The normalized spacial score (nSPS) is 50.7. The molecule has 4 rings (SSSR count). The lowest BCUT2D eigenvalue weighted by molar-refractivity contribution is -0.253. The van der Waals surface area contributed by atoms with Crippen LogP contribution in [0.25, 0.3) is 0 Å². The zero-order chi connectivity index (χ0) is 21.0. The molecule has 2 N–H and O–H groups in total. The molecule has 0 aliphatic heterocycles. The predicted octanol–water partition coefficient (Wildman–Crippen LogP) is 6.58. The summed E-state index contributed by atoms with van der Waals surface area (Å²) in [5.74, 6) is 4.51. The highest BCUT2D eigenvalue weighted by molar-refractivity contribution is 5.16. The Labute approximate surface area is 180 Å². The van der Waals surface area contributed by atoms with Crippen LogP contribution in [0, 0.1) is 46.3 Å². The number of hydrogen-bond acceptors (Lipinski definition) is 2. The van der Waals surface area contributed by atoms with Crippen molar-refractivity contribution in [3.8, 4) is 0 Å². The molecule has 4 aliphatic carbocycles. The number of aliphatic hydroxyl groups is 2. The molecule has 4 fully saturated rings. The number of fused-ring (bicyclic) bond motifs is 5. The molecule has 29 heavy (non-hydrogen) atoms. The van der Waals surface area contributed by atoms with E-state index in [-0.39, 0.29) is 5.41 Å². The van der Waals surface area contributed by atoms with Gasteiger partial charge in [-0.1, -0.05) is 66.7 Å². The van der Waals surface area contributed by atoms with Crippen molar-refractivity contribution < 1.29 is 10.2 Å². The number of rotatable bonds is 5. The minimum atomic E-state index is -0.831. The Morgan fingerprint density at radius 1 is 0.897 bits per heavy atom. The first-order chi connectivity index (χ1) is 13.6. The zero-order valence-corrected chi connectivity index (χ0v) is 19.9. The maximum Gasteiger partial charge on any atom is 0.0961 e. The molecule has 2 heteroatoms. The molecule has 168 valence electrons. The van der Waals surface area contributed by atoms with Crippen molar-refractivity contribution >= 4 is 0 Å². The molecule has 0 amide bonds. The summed E-state index contributed by atoms with van der Waals surface area (Å²) in [6.07, 6.45) is 14.1. The Morgan fingerprint density at radius 3 is 2.34 bits per heavy atom. The Kier molecular flexibility index (Phi) is 5.95. The molecular weight excluding hydrogens is 356 g/mol. The van der Waals surface area contributed by atoms with Gasteiger partial charge in [0.1, 0.15) is 0 Å². The molecule has 0 radical (unpaired) electrons. The third-order valence-corrected chi connectivity index (χ3v) is 11.0. The average Bonchev–Trinajstić information content (AvgIpc) is 3.01. The van der Waals surface area contributed by atoms with Crippen molar-refractivity contribution in [3.05, 3.63) is 0 Å². The smallest absolute Gasteiger partial charge is 0.0961 e. The average molecular weight is 405 g/mol. The van der Waals surface area contributed by atoms with Gasteiger partial charge >= 0.3 is 0 Å². The molecule has 0 spiro atoms. The molecule has 0 bridgehead atoms. The summed E-state index contributed by atoms with van der Waals surface area (Å²) in [6, 6.07) is 0. The standard InChI is InChI=1S/C27H48O2/c1-18(2)9-8-10-19(3)21-11-12-22-20-17-24(28)27(29)15-7-6-14-26(27,5)23(20)13-16-25(21,22)4/h18-24,28-29H,6-17H2,1-5H3/t19-,20+,21-,22+,23+,24-,25-,26-,27+/m1/s1. The van der Waals surface area contributed by atoms with E-state index in [1.165, 1.54) is 51.4 Å². The molecule has 0 aromatic carbocycles. The maximum absolute atomic E-state index is 11.6. The summed E-state index contributed by atoms with van der Waals surface area (Å²) in [7, 11) is 0. The van der Waals surface area contributed by atoms with Crippen molar-refractivity contribution in [2.24, 2.45) is 46.3 Å². The van der Waals surface area contributed by atoms with Gasteiger partial charge in [-0.15, -0.1) is 0 Å². The molecule has 4 aliphatic rings. The molecule has 0 saturated heterocycles. The Morgan fingerprint density at radius 2 is 1.62 bits per heavy atom. The highest BCUT2D eigenvalue weighted by Crippen LogP contribution is 2.69. The first-order valence-electron chi connectivity index (χ1n) is 13.0. The lowest BCUT2D eigenvalue weighted by Crippen LogP contribution is -2.67. The Bertz CT molecular complexity index is 587. The number of hydrogen-bond donors (Lipinski definition) is 2. The van der Waals surface area contributed by atoms with Crippen LogP contribution in [0.4, 0.5) is 0 Å². The van der Waals surface area contributed by atoms with Crippen LogP contribution in [-0.4, -0.2) is 21.9 Å². The SMILES string of the molecule is CC(C)CCC[C@@H](C)[C@H]1CC[C@H]2[C@@H]3C[C@@H](O)[C@@]4(O)CCCC[C@]4(C)[C@H]3CC[C@]12C. The summed E-state index contributed by atoms with van der Waals surface area (Å²) in [6.45, 7) is 12.2. The Balaban J connectivity index is 1.53. The minimum absolute atomic E-state index is 0.0735. The molecule has 4 saturated carbocycles. The third kappa shape index (κ3) is 3.34. The maximum atomic E-state index is 11.6. The van der Waals surface area contributed by atoms with Gasteiger partial charge in [-0.25, -0.2) is 0 Å². The van der Waals surface area contributed by atoms with E-state index in [0.29, 0.717) is 17.3 Å². The highest BCUT2D eigenvalue weighted by Gasteiger charge is 2.66. The van der Waals surface area contributed by atoms with Crippen LogP contribution in [0.3, 0.4) is 0 Å². The van der Waals surface area contributed by atoms with Crippen molar-refractivity contribution in [2.75, 3.05) is 0 Å².